The Morgan fingerprint density at radius 1 is 1.42 bits per heavy atom. The summed E-state index contributed by atoms with van der Waals surface area (Å²) in [6.07, 6.45) is 0.143. The first-order chi connectivity index (χ1) is 11.4. The first-order valence-corrected chi connectivity index (χ1v) is 7.70. The molecule has 1 fully saturated rings. The number of esters is 1. The molecule has 1 aromatic rings. The molecule has 0 spiro atoms. The summed E-state index contributed by atoms with van der Waals surface area (Å²) in [5.41, 5.74) is 1.24. The molecule has 24 heavy (non-hydrogen) atoms. The van der Waals surface area contributed by atoms with E-state index in [4.69, 9.17) is 10.00 Å². The maximum absolute atomic E-state index is 12.0. The summed E-state index contributed by atoms with van der Waals surface area (Å²) in [7, 11) is 0. The SMILES string of the molecule is C[C@H]1CC(=O)[C@@H](CC(=O)OCc2ccc(C#N)cc2)[C@@H]1C[N+](=O)[O-]. The maximum Gasteiger partial charge on any atom is 0.306 e. The highest BCUT2D eigenvalue weighted by Crippen LogP contribution is 2.36. The summed E-state index contributed by atoms with van der Waals surface area (Å²) in [6.45, 7) is 1.54. The maximum atomic E-state index is 12.0. The summed E-state index contributed by atoms with van der Waals surface area (Å²) < 4.78 is 5.16. The van der Waals surface area contributed by atoms with Gasteiger partial charge in [-0.3, -0.25) is 19.7 Å². The second-order valence-corrected chi connectivity index (χ2v) is 6.11. The van der Waals surface area contributed by atoms with Gasteiger partial charge in [-0.05, 0) is 23.6 Å². The highest BCUT2D eigenvalue weighted by molar-refractivity contribution is 5.87. The molecule has 1 aromatic carbocycles. The lowest BCUT2D eigenvalue weighted by atomic mass is 9.88. The number of ketones is 1. The first-order valence-electron chi connectivity index (χ1n) is 7.70. The van der Waals surface area contributed by atoms with E-state index in [2.05, 4.69) is 0 Å². The number of ether oxygens (including phenoxy) is 1. The predicted octanol–water partition coefficient (Wildman–Crippen LogP) is 2.11. The van der Waals surface area contributed by atoms with Gasteiger partial charge in [0.15, 0.2) is 0 Å². The second-order valence-electron chi connectivity index (χ2n) is 6.11. The van der Waals surface area contributed by atoms with E-state index < -0.39 is 22.7 Å². The summed E-state index contributed by atoms with van der Waals surface area (Å²) in [6, 6.07) is 8.61. The van der Waals surface area contributed by atoms with Gasteiger partial charge >= 0.3 is 5.97 Å². The summed E-state index contributed by atoms with van der Waals surface area (Å²) in [4.78, 5) is 34.3. The summed E-state index contributed by atoms with van der Waals surface area (Å²) in [5, 5.41) is 19.5. The van der Waals surface area contributed by atoms with Crippen LogP contribution in [0.5, 0.6) is 0 Å². The highest BCUT2D eigenvalue weighted by Gasteiger charge is 2.43. The fraction of sp³-hybridized carbons (Fsp3) is 0.471. The molecule has 7 nitrogen and oxygen atoms in total. The molecule has 0 amide bonds. The molecular formula is C17H18N2O5. The Bertz CT molecular complexity index is 677. The lowest BCUT2D eigenvalue weighted by Crippen LogP contribution is -2.27. The topological polar surface area (TPSA) is 110 Å². The summed E-state index contributed by atoms with van der Waals surface area (Å²) >= 11 is 0. The Morgan fingerprint density at radius 3 is 2.67 bits per heavy atom. The number of nitriles is 1. The van der Waals surface area contributed by atoms with Crippen molar-refractivity contribution in [2.45, 2.75) is 26.4 Å². The van der Waals surface area contributed by atoms with Crippen molar-refractivity contribution >= 4 is 11.8 Å². The van der Waals surface area contributed by atoms with E-state index in [1.54, 1.807) is 31.2 Å². The van der Waals surface area contributed by atoms with E-state index in [1.165, 1.54) is 0 Å². The Hall–Kier alpha value is -2.75. The quantitative estimate of drug-likeness (QED) is 0.449. The van der Waals surface area contributed by atoms with E-state index in [-0.39, 0.29) is 37.7 Å². The van der Waals surface area contributed by atoms with Crippen molar-refractivity contribution < 1.29 is 19.2 Å². The monoisotopic (exact) mass is 330 g/mol. The number of Topliss-reactive ketones (excluding diaryl/α,β-unsaturated/α-hetero) is 1. The molecule has 0 aliphatic heterocycles. The van der Waals surface area contributed by atoms with Crippen molar-refractivity contribution in [1.82, 2.24) is 0 Å². The first kappa shape index (κ1) is 17.6. The second kappa shape index (κ2) is 7.68. The van der Waals surface area contributed by atoms with Gasteiger partial charge in [-0.1, -0.05) is 19.1 Å². The van der Waals surface area contributed by atoms with Crippen LogP contribution in [0.15, 0.2) is 24.3 Å². The van der Waals surface area contributed by atoms with Gasteiger partial charge in [0.1, 0.15) is 12.4 Å². The molecule has 0 saturated heterocycles. The molecule has 0 heterocycles. The van der Waals surface area contributed by atoms with Crippen molar-refractivity contribution in [2.24, 2.45) is 17.8 Å². The van der Waals surface area contributed by atoms with Crippen LogP contribution in [-0.2, 0) is 20.9 Å². The smallest absolute Gasteiger partial charge is 0.306 e. The normalized spacial score (nSPS) is 22.8. The molecule has 1 aliphatic carbocycles. The van der Waals surface area contributed by atoms with Crippen LogP contribution in [0, 0.1) is 39.2 Å². The number of nitrogens with zero attached hydrogens (tertiary/aromatic N) is 2. The minimum Gasteiger partial charge on any atom is -0.461 e. The van der Waals surface area contributed by atoms with Crippen molar-refractivity contribution in [3.63, 3.8) is 0 Å². The highest BCUT2D eigenvalue weighted by atomic mass is 16.6. The van der Waals surface area contributed by atoms with Gasteiger partial charge in [0.2, 0.25) is 6.54 Å². The molecule has 0 N–H and O–H groups in total. The Labute approximate surface area is 139 Å². The zero-order valence-corrected chi connectivity index (χ0v) is 13.3. The third kappa shape index (κ3) is 4.38. The number of nitro groups is 1. The standard InChI is InChI=1S/C17H18N2O5/c1-11-6-16(20)14(15(11)9-19(22)23)7-17(21)24-10-13-4-2-12(8-18)3-5-13/h2-5,11,14-15H,6-7,9-10H2,1H3/t11-,14-,15+/m0/s1. The van der Waals surface area contributed by atoms with Gasteiger partial charge in [0, 0.05) is 23.2 Å². The number of rotatable bonds is 6. The van der Waals surface area contributed by atoms with Gasteiger partial charge in [0.05, 0.1) is 18.1 Å². The van der Waals surface area contributed by atoms with E-state index in [1.807, 2.05) is 6.07 Å². The zero-order valence-electron chi connectivity index (χ0n) is 13.3. The molecule has 0 aromatic heterocycles. The molecule has 0 bridgehead atoms. The van der Waals surface area contributed by atoms with Crippen LogP contribution in [-0.4, -0.2) is 23.2 Å². The van der Waals surface area contributed by atoms with Gasteiger partial charge in [0.25, 0.3) is 0 Å². The van der Waals surface area contributed by atoms with Crippen LogP contribution in [0.25, 0.3) is 0 Å². The minimum absolute atomic E-state index is 0.0426. The molecule has 2 rings (SSSR count). The van der Waals surface area contributed by atoms with Crippen molar-refractivity contribution in [3.05, 3.63) is 45.5 Å². The predicted molar refractivity (Wildman–Crippen MR) is 83.2 cm³/mol. The van der Waals surface area contributed by atoms with Crippen molar-refractivity contribution in [3.8, 4) is 6.07 Å². The number of carbonyl (C=O) groups is 2. The number of benzene rings is 1. The third-order valence-corrected chi connectivity index (χ3v) is 4.41. The van der Waals surface area contributed by atoms with E-state index >= 15 is 0 Å². The van der Waals surface area contributed by atoms with Gasteiger partial charge < -0.3 is 4.74 Å². The van der Waals surface area contributed by atoms with Crippen LogP contribution in [0.2, 0.25) is 0 Å². The molecule has 126 valence electrons. The fourth-order valence-electron chi connectivity index (χ4n) is 3.08. The van der Waals surface area contributed by atoms with Gasteiger partial charge in [-0.25, -0.2) is 0 Å². The number of hydrogen-bond acceptors (Lipinski definition) is 6. The van der Waals surface area contributed by atoms with E-state index in [0.717, 1.165) is 5.56 Å². The van der Waals surface area contributed by atoms with Crippen molar-refractivity contribution in [2.75, 3.05) is 6.54 Å². The third-order valence-electron chi connectivity index (χ3n) is 4.41. The Kier molecular flexibility index (Phi) is 5.64. The Balaban J connectivity index is 1.91. The lowest BCUT2D eigenvalue weighted by Gasteiger charge is -2.17. The van der Waals surface area contributed by atoms with Crippen LogP contribution < -0.4 is 0 Å². The molecule has 1 aliphatic rings. The van der Waals surface area contributed by atoms with E-state index in [9.17, 15) is 19.7 Å². The number of carbonyl (C=O) groups excluding carboxylic acids is 2. The molecular weight excluding hydrogens is 312 g/mol. The largest absolute Gasteiger partial charge is 0.461 e. The average Bonchev–Trinajstić information content (AvgIpc) is 2.80. The molecule has 0 radical (unpaired) electrons. The van der Waals surface area contributed by atoms with Gasteiger partial charge in [-0.2, -0.15) is 5.26 Å². The lowest BCUT2D eigenvalue weighted by molar-refractivity contribution is -0.490. The van der Waals surface area contributed by atoms with Crippen LogP contribution in [0.4, 0.5) is 0 Å². The minimum atomic E-state index is -0.640. The van der Waals surface area contributed by atoms with E-state index in [0.29, 0.717) is 5.56 Å². The fourth-order valence-corrected chi connectivity index (χ4v) is 3.08. The molecule has 3 atom stereocenters. The van der Waals surface area contributed by atoms with Crippen LogP contribution in [0.3, 0.4) is 0 Å². The number of hydrogen-bond donors (Lipinski definition) is 0. The molecule has 1 saturated carbocycles. The van der Waals surface area contributed by atoms with Crippen LogP contribution in [0.1, 0.15) is 30.9 Å². The summed E-state index contributed by atoms with van der Waals surface area (Å²) in [5.74, 6) is -1.81. The Morgan fingerprint density at radius 2 is 2.08 bits per heavy atom. The van der Waals surface area contributed by atoms with Crippen molar-refractivity contribution in [1.29, 1.82) is 5.26 Å². The van der Waals surface area contributed by atoms with Crippen LogP contribution >= 0.6 is 0 Å². The average molecular weight is 330 g/mol. The van der Waals surface area contributed by atoms with Gasteiger partial charge in [-0.15, -0.1) is 0 Å². The molecule has 7 heteroatoms. The molecule has 0 unspecified atom stereocenters. The zero-order chi connectivity index (χ0) is 17.7.